The van der Waals surface area contributed by atoms with E-state index < -0.39 is 0 Å². The van der Waals surface area contributed by atoms with Gasteiger partial charge in [0.1, 0.15) is 0 Å². The van der Waals surface area contributed by atoms with Gasteiger partial charge in [-0.25, -0.2) is 0 Å². The Hall–Kier alpha value is -0.900. The van der Waals surface area contributed by atoms with Crippen LogP contribution in [0.1, 0.15) is 44.4 Å². The average molecular weight is 262 g/mol. The van der Waals surface area contributed by atoms with Gasteiger partial charge in [-0.2, -0.15) is 0 Å². The summed E-state index contributed by atoms with van der Waals surface area (Å²) in [7, 11) is 0. The molecule has 3 nitrogen and oxygen atoms in total. The minimum atomic E-state index is 0.185. The highest BCUT2D eigenvalue weighted by Gasteiger charge is 2.32. The fourth-order valence-corrected chi connectivity index (χ4v) is 3.04. The first-order valence-electron chi connectivity index (χ1n) is 7.28. The molecule has 0 radical (unpaired) electrons. The van der Waals surface area contributed by atoms with Crippen LogP contribution in [0.25, 0.3) is 0 Å². The molecule has 0 bridgehead atoms. The molecule has 0 aliphatic carbocycles. The van der Waals surface area contributed by atoms with Crippen LogP contribution in [-0.4, -0.2) is 12.7 Å². The minimum Gasteiger partial charge on any atom is -0.378 e. The fraction of sp³-hybridized carbons (Fsp3) is 0.625. The molecule has 0 saturated carbocycles. The summed E-state index contributed by atoms with van der Waals surface area (Å²) in [5.41, 5.74) is 5.66. The van der Waals surface area contributed by atoms with Crippen molar-refractivity contribution in [1.29, 1.82) is 0 Å². The smallest absolute Gasteiger partial charge is 0.0594 e. The molecule has 0 aromatic heterocycles. The first kappa shape index (κ1) is 14.5. The zero-order chi connectivity index (χ0) is 13.8. The number of hydrazine groups is 1. The molecule has 1 aliphatic heterocycles. The molecule has 3 unspecified atom stereocenters. The second kappa shape index (κ2) is 6.51. The normalized spacial score (nSPS) is 24.9. The Labute approximate surface area is 116 Å². The van der Waals surface area contributed by atoms with E-state index in [0.717, 1.165) is 19.4 Å². The lowest BCUT2D eigenvalue weighted by Gasteiger charge is -2.26. The standard InChI is InChI=1S/C16H26N2O/c1-11(2)9-13-5-4-6-14(10-13)16(18-17)15-7-8-19-12(15)3/h4-6,10-12,15-16,18H,7-9,17H2,1-3H3. The van der Waals surface area contributed by atoms with Crippen LogP contribution in [0, 0.1) is 11.8 Å². The summed E-state index contributed by atoms with van der Waals surface area (Å²) in [6, 6.07) is 8.97. The van der Waals surface area contributed by atoms with Crippen molar-refractivity contribution < 1.29 is 4.74 Å². The number of rotatable bonds is 5. The van der Waals surface area contributed by atoms with Crippen LogP contribution in [0.5, 0.6) is 0 Å². The van der Waals surface area contributed by atoms with Gasteiger partial charge in [-0.05, 0) is 36.8 Å². The maximum Gasteiger partial charge on any atom is 0.0594 e. The van der Waals surface area contributed by atoms with Gasteiger partial charge in [0.15, 0.2) is 0 Å². The topological polar surface area (TPSA) is 47.3 Å². The van der Waals surface area contributed by atoms with Gasteiger partial charge in [0, 0.05) is 12.5 Å². The lowest BCUT2D eigenvalue weighted by Crippen LogP contribution is -2.36. The molecule has 0 spiro atoms. The van der Waals surface area contributed by atoms with E-state index in [2.05, 4.69) is 50.5 Å². The van der Waals surface area contributed by atoms with Crippen molar-refractivity contribution in [2.75, 3.05) is 6.61 Å². The van der Waals surface area contributed by atoms with Crippen molar-refractivity contribution in [3.8, 4) is 0 Å². The summed E-state index contributed by atoms with van der Waals surface area (Å²) in [5, 5.41) is 0. The third kappa shape index (κ3) is 3.56. The Balaban J connectivity index is 2.18. The maximum atomic E-state index is 5.79. The van der Waals surface area contributed by atoms with Crippen molar-refractivity contribution in [3.63, 3.8) is 0 Å². The summed E-state index contributed by atoms with van der Waals surface area (Å²) >= 11 is 0. The molecule has 3 atom stereocenters. The van der Waals surface area contributed by atoms with Crippen LogP contribution in [0.2, 0.25) is 0 Å². The van der Waals surface area contributed by atoms with Crippen molar-refractivity contribution in [2.24, 2.45) is 17.7 Å². The van der Waals surface area contributed by atoms with E-state index in [-0.39, 0.29) is 12.1 Å². The van der Waals surface area contributed by atoms with Crippen molar-refractivity contribution in [1.82, 2.24) is 5.43 Å². The molecule has 1 fully saturated rings. The summed E-state index contributed by atoms with van der Waals surface area (Å²) in [5.74, 6) is 6.92. The number of ether oxygens (including phenoxy) is 1. The third-order valence-corrected chi connectivity index (χ3v) is 4.00. The van der Waals surface area contributed by atoms with Crippen LogP contribution < -0.4 is 11.3 Å². The van der Waals surface area contributed by atoms with Crippen molar-refractivity contribution >= 4 is 0 Å². The van der Waals surface area contributed by atoms with Crippen LogP contribution in [-0.2, 0) is 11.2 Å². The Bertz CT molecular complexity index is 405. The van der Waals surface area contributed by atoms with Gasteiger partial charge in [-0.1, -0.05) is 38.1 Å². The number of benzene rings is 1. The Kier molecular flexibility index (Phi) is 4.97. The summed E-state index contributed by atoms with van der Waals surface area (Å²) in [6.07, 6.45) is 2.46. The number of hydrogen-bond donors (Lipinski definition) is 2. The lowest BCUT2D eigenvalue weighted by molar-refractivity contribution is 0.0954. The number of nitrogens with one attached hydrogen (secondary N) is 1. The Morgan fingerprint density at radius 2 is 2.21 bits per heavy atom. The van der Waals surface area contributed by atoms with Crippen molar-refractivity contribution in [3.05, 3.63) is 35.4 Å². The second-order valence-corrected chi connectivity index (χ2v) is 6.02. The first-order chi connectivity index (χ1) is 9.11. The zero-order valence-corrected chi connectivity index (χ0v) is 12.2. The molecule has 106 valence electrons. The Morgan fingerprint density at radius 1 is 1.42 bits per heavy atom. The molecule has 1 aromatic rings. The van der Waals surface area contributed by atoms with E-state index in [4.69, 9.17) is 10.6 Å². The highest BCUT2D eigenvalue weighted by atomic mass is 16.5. The lowest BCUT2D eigenvalue weighted by atomic mass is 9.87. The molecular formula is C16H26N2O. The highest BCUT2D eigenvalue weighted by molar-refractivity contribution is 5.27. The molecule has 2 rings (SSSR count). The molecule has 1 aromatic carbocycles. The molecule has 1 saturated heterocycles. The second-order valence-electron chi connectivity index (χ2n) is 6.02. The minimum absolute atomic E-state index is 0.185. The molecule has 19 heavy (non-hydrogen) atoms. The van der Waals surface area contributed by atoms with E-state index >= 15 is 0 Å². The fourth-order valence-electron chi connectivity index (χ4n) is 3.04. The van der Waals surface area contributed by atoms with Gasteiger partial charge in [-0.15, -0.1) is 0 Å². The zero-order valence-electron chi connectivity index (χ0n) is 12.2. The largest absolute Gasteiger partial charge is 0.378 e. The van der Waals surface area contributed by atoms with Crippen LogP contribution >= 0.6 is 0 Å². The molecule has 1 aliphatic rings. The molecular weight excluding hydrogens is 236 g/mol. The predicted molar refractivity (Wildman–Crippen MR) is 78.6 cm³/mol. The monoisotopic (exact) mass is 262 g/mol. The van der Waals surface area contributed by atoms with Gasteiger partial charge in [-0.3, -0.25) is 11.3 Å². The predicted octanol–water partition coefficient (Wildman–Crippen LogP) is 2.81. The number of nitrogens with two attached hydrogens (primary N) is 1. The molecule has 0 amide bonds. The van der Waals surface area contributed by atoms with E-state index in [1.807, 2.05) is 0 Å². The third-order valence-electron chi connectivity index (χ3n) is 4.00. The van der Waals surface area contributed by atoms with Gasteiger partial charge in [0.05, 0.1) is 12.1 Å². The quantitative estimate of drug-likeness (QED) is 0.633. The molecule has 3 heteroatoms. The Morgan fingerprint density at radius 3 is 2.79 bits per heavy atom. The first-order valence-corrected chi connectivity index (χ1v) is 7.28. The highest BCUT2D eigenvalue weighted by Crippen LogP contribution is 2.33. The van der Waals surface area contributed by atoms with E-state index in [0.29, 0.717) is 11.8 Å². The van der Waals surface area contributed by atoms with Crippen LogP contribution in [0.4, 0.5) is 0 Å². The van der Waals surface area contributed by atoms with E-state index in [1.165, 1.54) is 11.1 Å². The van der Waals surface area contributed by atoms with Gasteiger partial charge in [0.2, 0.25) is 0 Å². The van der Waals surface area contributed by atoms with Gasteiger partial charge in [0.25, 0.3) is 0 Å². The number of hydrogen-bond acceptors (Lipinski definition) is 3. The van der Waals surface area contributed by atoms with Gasteiger partial charge >= 0.3 is 0 Å². The SMILES string of the molecule is CC(C)Cc1cccc(C(NN)C2CCOC2C)c1. The van der Waals surface area contributed by atoms with E-state index in [9.17, 15) is 0 Å². The molecule has 3 N–H and O–H groups in total. The molecule has 1 heterocycles. The maximum absolute atomic E-state index is 5.79. The van der Waals surface area contributed by atoms with Crippen LogP contribution in [0.3, 0.4) is 0 Å². The average Bonchev–Trinajstić information content (AvgIpc) is 2.77. The summed E-state index contributed by atoms with van der Waals surface area (Å²) in [6.45, 7) is 7.48. The van der Waals surface area contributed by atoms with E-state index in [1.54, 1.807) is 0 Å². The van der Waals surface area contributed by atoms with Crippen LogP contribution in [0.15, 0.2) is 24.3 Å². The van der Waals surface area contributed by atoms with Crippen molar-refractivity contribution in [2.45, 2.75) is 45.8 Å². The summed E-state index contributed by atoms with van der Waals surface area (Å²) in [4.78, 5) is 0. The summed E-state index contributed by atoms with van der Waals surface area (Å²) < 4.78 is 5.67. The van der Waals surface area contributed by atoms with Gasteiger partial charge < -0.3 is 4.74 Å².